The van der Waals surface area contributed by atoms with Crippen molar-refractivity contribution in [3.63, 3.8) is 0 Å². The molecule has 16 heavy (non-hydrogen) atoms. The Morgan fingerprint density at radius 2 is 2.19 bits per heavy atom. The molecule has 1 aliphatic rings. The van der Waals surface area contributed by atoms with Crippen LogP contribution in [0.5, 0.6) is 6.01 Å². The molecule has 0 spiro atoms. The van der Waals surface area contributed by atoms with Crippen molar-refractivity contribution in [3.05, 3.63) is 11.2 Å². The number of aromatic nitrogens is 2. The molecule has 0 radical (unpaired) electrons. The number of alkyl halides is 2. The summed E-state index contributed by atoms with van der Waals surface area (Å²) < 4.78 is 30.4. The van der Waals surface area contributed by atoms with Crippen molar-refractivity contribution in [2.24, 2.45) is 0 Å². The highest BCUT2D eigenvalue weighted by molar-refractivity contribution is 6.29. The maximum atomic E-state index is 12.7. The van der Waals surface area contributed by atoms with Crippen LogP contribution >= 0.6 is 11.6 Å². The van der Waals surface area contributed by atoms with Gasteiger partial charge in [-0.05, 0) is 6.92 Å². The number of ether oxygens (including phenoxy) is 1. The summed E-state index contributed by atoms with van der Waals surface area (Å²) in [7, 11) is 0. The minimum atomic E-state index is -2.64. The van der Waals surface area contributed by atoms with Gasteiger partial charge < -0.3 is 9.64 Å². The normalized spacial score (nSPS) is 18.1. The van der Waals surface area contributed by atoms with E-state index in [1.54, 1.807) is 6.92 Å². The van der Waals surface area contributed by atoms with Gasteiger partial charge in [0, 0.05) is 6.07 Å². The number of rotatable bonds is 3. The van der Waals surface area contributed by atoms with Crippen LogP contribution in [0.4, 0.5) is 14.6 Å². The second-order valence-corrected chi connectivity index (χ2v) is 3.86. The molecule has 0 saturated carbocycles. The van der Waals surface area contributed by atoms with Crippen molar-refractivity contribution < 1.29 is 13.5 Å². The third-order valence-corrected chi connectivity index (χ3v) is 2.30. The van der Waals surface area contributed by atoms with Gasteiger partial charge in [-0.1, -0.05) is 11.6 Å². The van der Waals surface area contributed by atoms with Gasteiger partial charge in [-0.2, -0.15) is 9.97 Å². The first kappa shape index (κ1) is 11.3. The van der Waals surface area contributed by atoms with Crippen LogP contribution in [-0.4, -0.2) is 35.6 Å². The van der Waals surface area contributed by atoms with Crippen molar-refractivity contribution in [2.45, 2.75) is 12.8 Å². The molecule has 1 aliphatic heterocycles. The fourth-order valence-corrected chi connectivity index (χ4v) is 1.59. The zero-order valence-electron chi connectivity index (χ0n) is 8.58. The van der Waals surface area contributed by atoms with Crippen molar-refractivity contribution in [3.8, 4) is 6.01 Å². The van der Waals surface area contributed by atoms with E-state index in [1.165, 1.54) is 11.0 Å². The summed E-state index contributed by atoms with van der Waals surface area (Å²) >= 11 is 5.74. The van der Waals surface area contributed by atoms with Crippen molar-refractivity contribution in [1.82, 2.24) is 9.97 Å². The average molecular weight is 250 g/mol. The Kier molecular flexibility index (Phi) is 2.84. The molecule has 0 bridgehead atoms. The smallest absolute Gasteiger partial charge is 0.319 e. The molecule has 0 atom stereocenters. The number of nitrogens with zero attached hydrogens (tertiary/aromatic N) is 3. The number of hydrogen-bond acceptors (Lipinski definition) is 4. The highest BCUT2D eigenvalue weighted by Gasteiger charge is 2.44. The first-order valence-corrected chi connectivity index (χ1v) is 5.18. The van der Waals surface area contributed by atoms with E-state index in [4.69, 9.17) is 16.3 Å². The predicted molar refractivity (Wildman–Crippen MR) is 55.4 cm³/mol. The lowest BCUT2D eigenvalue weighted by molar-refractivity contribution is -0.0267. The second kappa shape index (κ2) is 4.01. The van der Waals surface area contributed by atoms with Gasteiger partial charge in [0.15, 0.2) is 0 Å². The van der Waals surface area contributed by atoms with E-state index in [9.17, 15) is 8.78 Å². The molecule has 0 amide bonds. The zero-order valence-corrected chi connectivity index (χ0v) is 9.34. The van der Waals surface area contributed by atoms with Gasteiger partial charge in [0.25, 0.3) is 5.92 Å². The standard InChI is InChI=1S/C9H10ClF2N3O/c1-2-16-8-13-6(10)3-7(14-8)15-4-9(11,12)5-15/h3H,2,4-5H2,1H3. The molecule has 0 aliphatic carbocycles. The first-order valence-electron chi connectivity index (χ1n) is 4.80. The molecule has 1 aromatic heterocycles. The summed E-state index contributed by atoms with van der Waals surface area (Å²) in [6.07, 6.45) is 0. The summed E-state index contributed by atoms with van der Waals surface area (Å²) in [5.41, 5.74) is 0. The molecule has 0 N–H and O–H groups in total. The maximum Gasteiger partial charge on any atom is 0.319 e. The van der Waals surface area contributed by atoms with Gasteiger partial charge >= 0.3 is 6.01 Å². The fourth-order valence-electron chi connectivity index (χ4n) is 1.42. The summed E-state index contributed by atoms with van der Waals surface area (Å²) in [6, 6.07) is 1.56. The molecule has 7 heteroatoms. The van der Waals surface area contributed by atoms with Crippen LogP contribution in [0.3, 0.4) is 0 Å². The summed E-state index contributed by atoms with van der Waals surface area (Å²) in [5, 5.41) is 0.184. The van der Waals surface area contributed by atoms with E-state index in [2.05, 4.69) is 9.97 Å². The molecule has 0 unspecified atom stereocenters. The lowest BCUT2D eigenvalue weighted by atomic mass is 10.1. The van der Waals surface area contributed by atoms with E-state index >= 15 is 0 Å². The summed E-state index contributed by atoms with van der Waals surface area (Å²) in [5.74, 6) is -2.27. The van der Waals surface area contributed by atoms with Gasteiger partial charge in [-0.3, -0.25) is 0 Å². The van der Waals surface area contributed by atoms with Crippen molar-refractivity contribution in [1.29, 1.82) is 0 Å². The molecule has 1 fully saturated rings. The molecule has 1 aromatic rings. The van der Waals surface area contributed by atoms with E-state index in [0.717, 1.165) is 0 Å². The topological polar surface area (TPSA) is 38.2 Å². The molecule has 1 saturated heterocycles. The maximum absolute atomic E-state index is 12.7. The first-order chi connectivity index (χ1) is 7.50. The molecular weight excluding hydrogens is 240 g/mol. The molecule has 0 aromatic carbocycles. The Labute approximate surface area is 96.2 Å². The number of anilines is 1. The second-order valence-electron chi connectivity index (χ2n) is 3.48. The molecule has 88 valence electrons. The Morgan fingerprint density at radius 1 is 1.50 bits per heavy atom. The SMILES string of the molecule is CCOc1nc(Cl)cc(N2CC(F)(F)C2)n1. The largest absolute Gasteiger partial charge is 0.464 e. The number of halogens is 3. The van der Waals surface area contributed by atoms with Crippen LogP contribution in [-0.2, 0) is 0 Å². The van der Waals surface area contributed by atoms with Gasteiger partial charge in [0.2, 0.25) is 0 Å². The van der Waals surface area contributed by atoms with Crippen LogP contribution in [0.15, 0.2) is 6.07 Å². The molecule has 2 heterocycles. The molecular formula is C9H10ClF2N3O. The quantitative estimate of drug-likeness (QED) is 0.768. The van der Waals surface area contributed by atoms with Crippen LogP contribution < -0.4 is 9.64 Å². The minimum absolute atomic E-state index is 0.111. The zero-order chi connectivity index (χ0) is 11.8. The van der Waals surface area contributed by atoms with E-state index < -0.39 is 5.92 Å². The summed E-state index contributed by atoms with van der Waals surface area (Å²) in [6.45, 7) is 1.50. The van der Waals surface area contributed by atoms with Crippen LogP contribution in [0.2, 0.25) is 5.15 Å². The van der Waals surface area contributed by atoms with Gasteiger partial charge in [-0.15, -0.1) is 0 Å². The van der Waals surface area contributed by atoms with Gasteiger partial charge in [0.1, 0.15) is 11.0 Å². The van der Waals surface area contributed by atoms with Crippen LogP contribution in [0.1, 0.15) is 6.92 Å². The van der Waals surface area contributed by atoms with Crippen molar-refractivity contribution >= 4 is 17.4 Å². The van der Waals surface area contributed by atoms with Crippen molar-refractivity contribution in [2.75, 3.05) is 24.6 Å². The van der Waals surface area contributed by atoms with E-state index in [0.29, 0.717) is 12.4 Å². The predicted octanol–water partition coefficient (Wildman–Crippen LogP) is 1.98. The fraction of sp³-hybridized carbons (Fsp3) is 0.556. The Morgan fingerprint density at radius 3 is 2.75 bits per heavy atom. The van der Waals surface area contributed by atoms with Gasteiger partial charge in [0.05, 0.1) is 19.7 Å². The molecule has 4 nitrogen and oxygen atoms in total. The third kappa shape index (κ3) is 2.32. The Balaban J connectivity index is 2.15. The van der Waals surface area contributed by atoms with Crippen LogP contribution in [0.25, 0.3) is 0 Å². The molecule has 2 rings (SSSR count). The highest BCUT2D eigenvalue weighted by Crippen LogP contribution is 2.32. The highest BCUT2D eigenvalue weighted by atomic mass is 35.5. The third-order valence-electron chi connectivity index (χ3n) is 2.10. The summed E-state index contributed by atoms with van der Waals surface area (Å²) in [4.78, 5) is 9.23. The lowest BCUT2D eigenvalue weighted by Crippen LogP contribution is -2.56. The Hall–Kier alpha value is -1.17. The van der Waals surface area contributed by atoms with Crippen LogP contribution in [0, 0.1) is 0 Å². The minimum Gasteiger partial charge on any atom is -0.464 e. The average Bonchev–Trinajstić information content (AvgIpc) is 2.13. The number of hydrogen-bond donors (Lipinski definition) is 0. The lowest BCUT2D eigenvalue weighted by Gasteiger charge is -2.39. The van der Waals surface area contributed by atoms with Gasteiger partial charge in [-0.25, -0.2) is 8.78 Å². The monoisotopic (exact) mass is 249 g/mol. The Bertz CT molecular complexity index is 394. The van der Waals surface area contributed by atoms with E-state index in [1.807, 2.05) is 0 Å². The van der Waals surface area contributed by atoms with E-state index in [-0.39, 0.29) is 24.3 Å².